The summed E-state index contributed by atoms with van der Waals surface area (Å²) in [6.45, 7) is 3.63. The highest BCUT2D eigenvalue weighted by Gasteiger charge is 1.57. The minimum atomic E-state index is 0.715. The maximum absolute atomic E-state index is 2.83. The Morgan fingerprint density at radius 2 is 1.43 bits per heavy atom. The van der Waals surface area contributed by atoms with Gasteiger partial charge in [-0.3, -0.25) is 0 Å². The standard InChI is InChI=1S/C7H8/c1-3-5-7-6-4-2/h7H2,1-2H3. The van der Waals surface area contributed by atoms with Crippen LogP contribution >= 0.6 is 0 Å². The van der Waals surface area contributed by atoms with Crippen LogP contribution in [-0.4, -0.2) is 0 Å². The molecule has 0 N–H and O–H groups in total. The summed E-state index contributed by atoms with van der Waals surface area (Å²) >= 11 is 0. The van der Waals surface area contributed by atoms with Crippen molar-refractivity contribution in [3.05, 3.63) is 0 Å². The van der Waals surface area contributed by atoms with Crippen LogP contribution in [0.4, 0.5) is 0 Å². The second-order valence-corrected chi connectivity index (χ2v) is 1.03. The van der Waals surface area contributed by atoms with Gasteiger partial charge in [-0.25, -0.2) is 0 Å². The molecule has 0 radical (unpaired) electrons. The maximum atomic E-state index is 2.83. The van der Waals surface area contributed by atoms with Gasteiger partial charge in [-0.15, -0.1) is 11.8 Å². The third-order valence-electron chi connectivity index (χ3n) is 0.530. The average molecular weight is 92.1 g/mol. The van der Waals surface area contributed by atoms with Crippen molar-refractivity contribution < 1.29 is 0 Å². The zero-order valence-corrected chi connectivity index (χ0v) is 4.71. The van der Waals surface area contributed by atoms with Crippen LogP contribution in [0.25, 0.3) is 0 Å². The topological polar surface area (TPSA) is 0 Å². The molecule has 0 fully saturated rings. The van der Waals surface area contributed by atoms with E-state index in [1.807, 2.05) is 13.8 Å². The molecule has 0 aliphatic rings. The van der Waals surface area contributed by atoms with Crippen molar-refractivity contribution in [3.63, 3.8) is 0 Å². The predicted molar refractivity (Wildman–Crippen MR) is 31.5 cm³/mol. The molecule has 0 aliphatic carbocycles. The molecule has 0 atom stereocenters. The molecule has 0 aromatic rings. The van der Waals surface area contributed by atoms with E-state index >= 15 is 0 Å². The molecular weight excluding hydrogens is 84.1 g/mol. The summed E-state index contributed by atoms with van der Waals surface area (Å²) in [7, 11) is 0. The van der Waals surface area contributed by atoms with E-state index in [4.69, 9.17) is 0 Å². The van der Waals surface area contributed by atoms with Crippen molar-refractivity contribution in [1.29, 1.82) is 0 Å². The molecule has 0 aromatic carbocycles. The second kappa shape index (κ2) is 5.12. The fraction of sp³-hybridized carbons (Fsp3) is 0.429. The molecule has 36 valence electrons. The van der Waals surface area contributed by atoms with Gasteiger partial charge in [-0.05, 0) is 13.8 Å². The highest BCUT2D eigenvalue weighted by Crippen LogP contribution is 1.66. The van der Waals surface area contributed by atoms with Gasteiger partial charge in [0.15, 0.2) is 0 Å². The van der Waals surface area contributed by atoms with E-state index in [-0.39, 0.29) is 0 Å². The number of hydrogen-bond acceptors (Lipinski definition) is 0. The van der Waals surface area contributed by atoms with Crippen LogP contribution in [0.1, 0.15) is 20.3 Å². The van der Waals surface area contributed by atoms with Gasteiger partial charge in [0.1, 0.15) is 0 Å². The van der Waals surface area contributed by atoms with Crippen molar-refractivity contribution in [3.8, 4) is 23.7 Å². The third-order valence-corrected chi connectivity index (χ3v) is 0.530. The lowest BCUT2D eigenvalue weighted by atomic mass is 10.4. The summed E-state index contributed by atoms with van der Waals surface area (Å²) < 4.78 is 0. The lowest BCUT2D eigenvalue weighted by molar-refractivity contribution is 1.55. The maximum Gasteiger partial charge on any atom is 0.0702 e. The largest absolute Gasteiger partial charge is 0.106 e. The van der Waals surface area contributed by atoms with Crippen molar-refractivity contribution in [2.45, 2.75) is 20.3 Å². The first kappa shape index (κ1) is 6.12. The summed E-state index contributed by atoms with van der Waals surface area (Å²) in [4.78, 5) is 0. The molecular formula is C7H8. The summed E-state index contributed by atoms with van der Waals surface area (Å²) in [6.07, 6.45) is 0.715. The van der Waals surface area contributed by atoms with Gasteiger partial charge >= 0.3 is 0 Å². The van der Waals surface area contributed by atoms with Gasteiger partial charge in [0.25, 0.3) is 0 Å². The SMILES string of the molecule is CC#CCC#CC. The van der Waals surface area contributed by atoms with E-state index in [1.54, 1.807) is 0 Å². The van der Waals surface area contributed by atoms with E-state index in [2.05, 4.69) is 23.7 Å². The molecule has 0 nitrogen and oxygen atoms in total. The minimum Gasteiger partial charge on any atom is -0.106 e. The molecule has 0 rings (SSSR count). The van der Waals surface area contributed by atoms with Gasteiger partial charge in [-0.1, -0.05) is 11.8 Å². The summed E-state index contributed by atoms with van der Waals surface area (Å²) in [5.41, 5.74) is 0. The van der Waals surface area contributed by atoms with Crippen LogP contribution in [0, 0.1) is 23.7 Å². The van der Waals surface area contributed by atoms with Crippen LogP contribution in [-0.2, 0) is 0 Å². The van der Waals surface area contributed by atoms with Gasteiger partial charge in [0.2, 0.25) is 0 Å². The smallest absolute Gasteiger partial charge is 0.0702 e. The fourth-order valence-corrected chi connectivity index (χ4v) is 0.221. The molecule has 0 saturated heterocycles. The Labute approximate surface area is 44.9 Å². The molecule has 0 aromatic heterocycles. The summed E-state index contributed by atoms with van der Waals surface area (Å²) in [5.74, 6) is 11.2. The Balaban J connectivity index is 3.21. The first-order chi connectivity index (χ1) is 3.41. The molecule has 0 saturated carbocycles. The molecule has 0 bridgehead atoms. The summed E-state index contributed by atoms with van der Waals surface area (Å²) in [6, 6.07) is 0. The fourth-order valence-electron chi connectivity index (χ4n) is 0.221. The highest BCUT2D eigenvalue weighted by molar-refractivity contribution is 5.08. The zero-order valence-electron chi connectivity index (χ0n) is 4.71. The Hall–Kier alpha value is -0.880. The normalized spacial score (nSPS) is 4.86. The lowest BCUT2D eigenvalue weighted by Crippen LogP contribution is -1.54. The molecule has 7 heavy (non-hydrogen) atoms. The van der Waals surface area contributed by atoms with Crippen LogP contribution in [0.2, 0.25) is 0 Å². The molecule has 0 heterocycles. The third kappa shape index (κ3) is 5.12. The first-order valence-electron chi connectivity index (χ1n) is 2.21. The number of hydrogen-bond donors (Lipinski definition) is 0. The highest BCUT2D eigenvalue weighted by atomic mass is 13.6. The van der Waals surface area contributed by atoms with Gasteiger partial charge < -0.3 is 0 Å². The monoisotopic (exact) mass is 92.1 g/mol. The van der Waals surface area contributed by atoms with Gasteiger partial charge in [0, 0.05) is 0 Å². The van der Waals surface area contributed by atoms with Crippen molar-refractivity contribution >= 4 is 0 Å². The predicted octanol–water partition coefficient (Wildman–Crippen LogP) is 1.42. The molecule has 0 aliphatic heterocycles. The molecule has 0 heteroatoms. The first-order valence-corrected chi connectivity index (χ1v) is 2.21. The quantitative estimate of drug-likeness (QED) is 0.396. The van der Waals surface area contributed by atoms with E-state index in [9.17, 15) is 0 Å². The van der Waals surface area contributed by atoms with Crippen LogP contribution < -0.4 is 0 Å². The molecule has 0 unspecified atom stereocenters. The van der Waals surface area contributed by atoms with E-state index in [0.29, 0.717) is 6.42 Å². The second-order valence-electron chi connectivity index (χ2n) is 1.03. The zero-order chi connectivity index (χ0) is 5.54. The Morgan fingerprint density at radius 1 is 1.00 bits per heavy atom. The van der Waals surface area contributed by atoms with Crippen molar-refractivity contribution in [1.82, 2.24) is 0 Å². The molecule has 0 amide bonds. The van der Waals surface area contributed by atoms with Gasteiger partial charge in [-0.2, -0.15) is 0 Å². The Bertz CT molecular complexity index is 115. The van der Waals surface area contributed by atoms with E-state index < -0.39 is 0 Å². The molecule has 0 spiro atoms. The van der Waals surface area contributed by atoms with Crippen molar-refractivity contribution in [2.24, 2.45) is 0 Å². The van der Waals surface area contributed by atoms with Crippen LogP contribution in [0.15, 0.2) is 0 Å². The van der Waals surface area contributed by atoms with E-state index in [1.165, 1.54) is 0 Å². The van der Waals surface area contributed by atoms with Crippen LogP contribution in [0.3, 0.4) is 0 Å². The van der Waals surface area contributed by atoms with Gasteiger partial charge in [0.05, 0.1) is 6.42 Å². The lowest BCUT2D eigenvalue weighted by Gasteiger charge is -1.63. The average Bonchev–Trinajstić information content (AvgIpc) is 1.69. The number of rotatable bonds is 0. The minimum absolute atomic E-state index is 0.715. The Kier molecular flexibility index (Phi) is 4.48. The van der Waals surface area contributed by atoms with Crippen LogP contribution in [0.5, 0.6) is 0 Å². The van der Waals surface area contributed by atoms with E-state index in [0.717, 1.165) is 0 Å². The Morgan fingerprint density at radius 3 is 1.71 bits per heavy atom. The van der Waals surface area contributed by atoms with Crippen molar-refractivity contribution in [2.75, 3.05) is 0 Å². The summed E-state index contributed by atoms with van der Waals surface area (Å²) in [5, 5.41) is 0.